The first-order valence-corrected chi connectivity index (χ1v) is 9.21. The predicted molar refractivity (Wildman–Crippen MR) is 106 cm³/mol. The molecule has 2 aromatic rings. The van der Waals surface area contributed by atoms with Gasteiger partial charge >= 0.3 is 0 Å². The minimum Gasteiger partial charge on any atom is -0.339 e. The van der Waals surface area contributed by atoms with E-state index in [1.165, 1.54) is 0 Å². The molecule has 0 bridgehead atoms. The molecule has 1 aromatic heterocycles. The number of nitrogens with zero attached hydrogens (tertiary/aromatic N) is 2. The number of nitrogens with one attached hydrogen (secondary N) is 1. The van der Waals surface area contributed by atoms with Crippen LogP contribution in [0.5, 0.6) is 0 Å². The molecule has 2 amide bonds. The van der Waals surface area contributed by atoms with E-state index in [0.717, 1.165) is 0 Å². The van der Waals surface area contributed by atoms with Crippen LogP contribution in [-0.2, 0) is 0 Å². The number of amides is 2. The average molecular weight is 435 g/mol. The van der Waals surface area contributed by atoms with Crippen molar-refractivity contribution in [3.05, 3.63) is 55.7 Å². The lowest BCUT2D eigenvalue weighted by Gasteiger charge is -2.19. The van der Waals surface area contributed by atoms with Crippen molar-refractivity contribution < 1.29 is 9.59 Å². The number of pyridine rings is 1. The maximum absolute atomic E-state index is 12.5. The molecule has 0 atom stereocenters. The van der Waals surface area contributed by atoms with E-state index in [1.807, 2.05) is 13.8 Å². The number of aromatic nitrogens is 1. The first-order chi connectivity index (χ1) is 12.3. The van der Waals surface area contributed by atoms with Crippen molar-refractivity contribution >= 4 is 63.9 Å². The molecular formula is C17H15Cl4N3O2. The first kappa shape index (κ1) is 20.8. The highest BCUT2D eigenvalue weighted by Crippen LogP contribution is 2.36. The van der Waals surface area contributed by atoms with E-state index in [4.69, 9.17) is 46.4 Å². The summed E-state index contributed by atoms with van der Waals surface area (Å²) in [5, 5.41) is 2.32. The highest BCUT2D eigenvalue weighted by Gasteiger charge is 2.21. The second-order valence-electron chi connectivity index (χ2n) is 5.21. The van der Waals surface area contributed by atoms with Crippen molar-refractivity contribution in [3.63, 3.8) is 0 Å². The molecule has 1 heterocycles. The zero-order chi connectivity index (χ0) is 19.4. The van der Waals surface area contributed by atoms with Crippen molar-refractivity contribution in [1.82, 2.24) is 9.88 Å². The van der Waals surface area contributed by atoms with Crippen molar-refractivity contribution in [3.8, 4) is 0 Å². The lowest BCUT2D eigenvalue weighted by Crippen LogP contribution is -2.30. The molecule has 138 valence electrons. The van der Waals surface area contributed by atoms with E-state index in [0.29, 0.717) is 24.3 Å². The number of benzene rings is 1. The van der Waals surface area contributed by atoms with E-state index in [-0.39, 0.29) is 31.8 Å². The third kappa shape index (κ3) is 4.41. The minimum atomic E-state index is -0.622. The van der Waals surface area contributed by atoms with Gasteiger partial charge in [-0.1, -0.05) is 52.5 Å². The van der Waals surface area contributed by atoms with Gasteiger partial charge in [0, 0.05) is 24.3 Å². The molecule has 0 spiro atoms. The van der Waals surface area contributed by atoms with Crippen LogP contribution in [0.25, 0.3) is 0 Å². The molecule has 5 nitrogen and oxygen atoms in total. The molecule has 0 aliphatic heterocycles. The zero-order valence-electron chi connectivity index (χ0n) is 13.9. The Labute approximate surface area is 171 Å². The van der Waals surface area contributed by atoms with Crippen LogP contribution < -0.4 is 5.32 Å². The minimum absolute atomic E-state index is 0.0262. The van der Waals surface area contributed by atoms with Crippen LogP contribution in [0, 0.1) is 0 Å². The fourth-order valence-corrected chi connectivity index (χ4v) is 3.07. The molecule has 0 saturated heterocycles. The Hall–Kier alpha value is -1.53. The van der Waals surface area contributed by atoms with Gasteiger partial charge in [-0.2, -0.15) is 0 Å². The second kappa shape index (κ2) is 8.91. The lowest BCUT2D eigenvalue weighted by atomic mass is 10.1. The smallest absolute Gasteiger partial charge is 0.275 e. The highest BCUT2D eigenvalue weighted by atomic mass is 35.5. The van der Waals surface area contributed by atoms with Gasteiger partial charge in [-0.25, -0.2) is 4.98 Å². The van der Waals surface area contributed by atoms with E-state index in [9.17, 15) is 9.59 Å². The number of carbonyl (C=O) groups is 2. The molecule has 0 aliphatic rings. The predicted octanol–water partition coefficient (Wildman–Crippen LogP) is 5.43. The van der Waals surface area contributed by atoms with Gasteiger partial charge in [0.2, 0.25) is 0 Å². The largest absolute Gasteiger partial charge is 0.339 e. The van der Waals surface area contributed by atoms with Gasteiger partial charge in [-0.15, -0.1) is 0 Å². The summed E-state index contributed by atoms with van der Waals surface area (Å²) in [6, 6.07) is 6.57. The number of carbonyl (C=O) groups excluding carboxylic acids is 2. The summed E-state index contributed by atoms with van der Waals surface area (Å²) in [7, 11) is 0. The molecule has 0 saturated carbocycles. The zero-order valence-corrected chi connectivity index (χ0v) is 17.0. The maximum atomic E-state index is 12.5. The average Bonchev–Trinajstić information content (AvgIpc) is 2.64. The molecule has 0 radical (unpaired) electrons. The summed E-state index contributed by atoms with van der Waals surface area (Å²) in [6.07, 6.45) is 0. The highest BCUT2D eigenvalue weighted by molar-refractivity contribution is 6.52. The SMILES string of the molecule is CCN(CC)C(=O)c1cccc(NC(=O)c2nc(Cl)c(Cl)c(Cl)c2Cl)c1. The molecular weight excluding hydrogens is 420 g/mol. The van der Waals surface area contributed by atoms with Gasteiger partial charge in [0.25, 0.3) is 11.8 Å². The molecule has 1 aromatic carbocycles. The fourth-order valence-electron chi connectivity index (χ4n) is 2.25. The Balaban J connectivity index is 2.28. The van der Waals surface area contributed by atoms with E-state index >= 15 is 0 Å². The monoisotopic (exact) mass is 433 g/mol. The third-order valence-electron chi connectivity index (χ3n) is 3.62. The van der Waals surface area contributed by atoms with Gasteiger partial charge in [0.05, 0.1) is 15.1 Å². The van der Waals surface area contributed by atoms with Crippen LogP contribution in [-0.4, -0.2) is 34.8 Å². The quantitative estimate of drug-likeness (QED) is 0.638. The molecule has 26 heavy (non-hydrogen) atoms. The van der Waals surface area contributed by atoms with Crippen molar-refractivity contribution in [2.45, 2.75) is 13.8 Å². The number of rotatable bonds is 5. The Morgan fingerprint density at radius 1 is 1.04 bits per heavy atom. The lowest BCUT2D eigenvalue weighted by molar-refractivity contribution is 0.0772. The van der Waals surface area contributed by atoms with E-state index in [2.05, 4.69) is 10.3 Å². The number of hydrogen-bond acceptors (Lipinski definition) is 3. The van der Waals surface area contributed by atoms with Crippen molar-refractivity contribution in [2.24, 2.45) is 0 Å². The van der Waals surface area contributed by atoms with Crippen LogP contribution in [0.3, 0.4) is 0 Å². The van der Waals surface area contributed by atoms with Crippen LogP contribution >= 0.6 is 46.4 Å². The number of halogens is 4. The van der Waals surface area contributed by atoms with Gasteiger partial charge in [0.1, 0.15) is 10.8 Å². The first-order valence-electron chi connectivity index (χ1n) is 7.70. The van der Waals surface area contributed by atoms with Gasteiger partial charge in [0.15, 0.2) is 0 Å². The summed E-state index contributed by atoms with van der Waals surface area (Å²) >= 11 is 23.7. The summed E-state index contributed by atoms with van der Waals surface area (Å²) in [4.78, 5) is 30.4. The number of anilines is 1. The normalized spacial score (nSPS) is 10.5. The van der Waals surface area contributed by atoms with Crippen molar-refractivity contribution in [1.29, 1.82) is 0 Å². The second-order valence-corrected chi connectivity index (χ2v) is 6.70. The standard InChI is InChI=1S/C17H15Cl4N3O2/c1-3-24(4-2)17(26)9-6-5-7-10(8-9)22-16(25)14-12(19)11(18)13(20)15(21)23-14/h5-8H,3-4H2,1-2H3,(H,22,25). The molecule has 9 heteroatoms. The van der Waals surface area contributed by atoms with E-state index in [1.54, 1.807) is 29.2 Å². The topological polar surface area (TPSA) is 62.3 Å². The van der Waals surface area contributed by atoms with Gasteiger partial charge in [-0.05, 0) is 32.0 Å². The summed E-state index contributed by atoms with van der Waals surface area (Å²) in [6.45, 7) is 4.98. The molecule has 1 N–H and O–H groups in total. The summed E-state index contributed by atoms with van der Waals surface area (Å²) in [5.74, 6) is -0.747. The van der Waals surface area contributed by atoms with Gasteiger partial charge in [-0.3, -0.25) is 9.59 Å². The number of hydrogen-bond donors (Lipinski definition) is 1. The Morgan fingerprint density at radius 2 is 1.69 bits per heavy atom. The Morgan fingerprint density at radius 3 is 2.31 bits per heavy atom. The van der Waals surface area contributed by atoms with Crippen molar-refractivity contribution in [2.75, 3.05) is 18.4 Å². The fraction of sp³-hybridized carbons (Fsp3) is 0.235. The third-order valence-corrected chi connectivity index (χ3v) is 5.30. The van der Waals surface area contributed by atoms with Gasteiger partial charge < -0.3 is 10.2 Å². The van der Waals surface area contributed by atoms with Crippen LogP contribution in [0.1, 0.15) is 34.7 Å². The Kier molecular flexibility index (Phi) is 7.12. The summed E-state index contributed by atoms with van der Waals surface area (Å²) in [5.41, 5.74) is 0.706. The maximum Gasteiger partial charge on any atom is 0.275 e. The van der Waals surface area contributed by atoms with Crippen LogP contribution in [0.15, 0.2) is 24.3 Å². The molecule has 0 fully saturated rings. The molecule has 2 rings (SSSR count). The Bertz CT molecular complexity index is 854. The summed E-state index contributed by atoms with van der Waals surface area (Å²) < 4.78 is 0. The molecule has 0 unspecified atom stereocenters. The van der Waals surface area contributed by atoms with Crippen LogP contribution in [0.2, 0.25) is 20.2 Å². The van der Waals surface area contributed by atoms with E-state index < -0.39 is 5.91 Å². The molecule has 0 aliphatic carbocycles. The van der Waals surface area contributed by atoms with Crippen LogP contribution in [0.4, 0.5) is 5.69 Å².